The van der Waals surface area contributed by atoms with Gasteiger partial charge in [-0.25, -0.2) is 4.99 Å². The van der Waals surface area contributed by atoms with Crippen LogP contribution >= 0.6 is 38.9 Å². The summed E-state index contributed by atoms with van der Waals surface area (Å²) in [4.78, 5) is 20.1. The average Bonchev–Trinajstić information content (AvgIpc) is 2.92. The third-order valence-electron chi connectivity index (χ3n) is 3.92. The third kappa shape index (κ3) is 3.42. The lowest BCUT2D eigenvalue weighted by Crippen LogP contribution is -2.42. The topological polar surface area (TPSA) is 37.6 Å². The number of fused-ring (bicyclic) bond motifs is 1. The van der Waals surface area contributed by atoms with Gasteiger partial charge in [-0.2, -0.15) is 0 Å². The van der Waals surface area contributed by atoms with E-state index in [4.69, 9.17) is 11.6 Å². The van der Waals surface area contributed by atoms with E-state index in [-0.39, 0.29) is 5.56 Å². The Morgan fingerprint density at radius 1 is 1.20 bits per heavy atom. The van der Waals surface area contributed by atoms with Crippen LogP contribution < -0.4 is 19.8 Å². The van der Waals surface area contributed by atoms with Crippen LogP contribution in [0.3, 0.4) is 0 Å². The third-order valence-corrected chi connectivity index (χ3v) is 5.71. The van der Waals surface area contributed by atoms with Crippen molar-refractivity contribution < 1.29 is 0 Å². The molecular formula is C18H13BrClN3OS. The van der Waals surface area contributed by atoms with Gasteiger partial charge in [0.15, 0.2) is 4.80 Å². The lowest BCUT2D eigenvalue weighted by Gasteiger charge is -2.25. The molecule has 0 saturated heterocycles. The van der Waals surface area contributed by atoms with Crippen molar-refractivity contribution in [3.8, 4) is 0 Å². The molecule has 2 aromatic carbocycles. The van der Waals surface area contributed by atoms with Crippen molar-refractivity contribution in [2.75, 3.05) is 11.6 Å². The van der Waals surface area contributed by atoms with Gasteiger partial charge in [0.1, 0.15) is 13.3 Å². The molecule has 0 saturated carbocycles. The Hall–Kier alpha value is -1.89. The molecule has 2 heterocycles. The number of hydrogen-bond acceptors (Lipinski definition) is 4. The Morgan fingerprint density at radius 2 is 2.00 bits per heavy atom. The zero-order chi connectivity index (χ0) is 17.4. The molecule has 1 aromatic heterocycles. The molecule has 126 valence electrons. The smallest absolute Gasteiger partial charge is 0.271 e. The van der Waals surface area contributed by atoms with Gasteiger partial charge in [-0.05, 0) is 42.0 Å². The van der Waals surface area contributed by atoms with Crippen LogP contribution in [0.2, 0.25) is 5.02 Å². The van der Waals surface area contributed by atoms with Crippen molar-refractivity contribution in [1.82, 2.24) is 4.57 Å². The molecule has 0 fully saturated rings. The first-order chi connectivity index (χ1) is 12.1. The van der Waals surface area contributed by atoms with E-state index in [0.29, 0.717) is 22.9 Å². The minimum absolute atomic E-state index is 0.0154. The van der Waals surface area contributed by atoms with Gasteiger partial charge in [-0.1, -0.05) is 57.1 Å². The molecule has 0 spiro atoms. The van der Waals surface area contributed by atoms with Crippen molar-refractivity contribution in [3.05, 3.63) is 83.3 Å². The van der Waals surface area contributed by atoms with Crippen molar-refractivity contribution in [2.45, 2.75) is 6.67 Å². The normalized spacial score (nSPS) is 14.3. The van der Waals surface area contributed by atoms with E-state index in [1.54, 1.807) is 4.57 Å². The molecule has 3 aromatic rings. The fourth-order valence-corrected chi connectivity index (χ4v) is 4.13. The number of thiazole rings is 1. The number of benzene rings is 2. The van der Waals surface area contributed by atoms with E-state index >= 15 is 0 Å². The Morgan fingerprint density at radius 3 is 2.76 bits per heavy atom. The summed E-state index contributed by atoms with van der Waals surface area (Å²) in [5.41, 5.74) is 1.97. The summed E-state index contributed by atoms with van der Waals surface area (Å²) in [7, 11) is 0. The van der Waals surface area contributed by atoms with Crippen LogP contribution in [0.5, 0.6) is 0 Å². The molecule has 0 amide bonds. The van der Waals surface area contributed by atoms with Crippen LogP contribution in [0.15, 0.2) is 62.8 Å². The van der Waals surface area contributed by atoms with Gasteiger partial charge in [0.25, 0.3) is 5.56 Å². The second kappa shape index (κ2) is 6.78. The van der Waals surface area contributed by atoms with Gasteiger partial charge in [0.2, 0.25) is 0 Å². The monoisotopic (exact) mass is 433 g/mol. The molecule has 4 rings (SSSR count). The predicted molar refractivity (Wildman–Crippen MR) is 106 cm³/mol. The van der Waals surface area contributed by atoms with Gasteiger partial charge in [-0.15, -0.1) is 0 Å². The zero-order valence-corrected chi connectivity index (χ0v) is 16.2. The lowest BCUT2D eigenvalue weighted by molar-refractivity contribution is 0.569. The summed E-state index contributed by atoms with van der Waals surface area (Å²) in [6, 6.07) is 15.4. The van der Waals surface area contributed by atoms with E-state index in [0.717, 1.165) is 20.5 Å². The van der Waals surface area contributed by atoms with E-state index in [1.165, 1.54) is 11.3 Å². The molecule has 25 heavy (non-hydrogen) atoms. The standard InChI is InChI=1S/C18H13BrClN3OS/c19-13-2-1-3-15(9-13)22-10-21-18-23(11-22)17(24)16(25-18)8-12-4-6-14(20)7-5-12/h1-9H,10-11H2/b16-8-. The highest BCUT2D eigenvalue weighted by Gasteiger charge is 2.16. The van der Waals surface area contributed by atoms with Gasteiger partial charge < -0.3 is 4.90 Å². The molecule has 0 N–H and O–H groups in total. The SMILES string of the molecule is O=c1/c(=C/c2ccc(Cl)cc2)sc2n1CN(c1cccc(Br)c1)CN=2. The van der Waals surface area contributed by atoms with Crippen LogP contribution in [-0.4, -0.2) is 11.2 Å². The minimum atomic E-state index is -0.0154. The van der Waals surface area contributed by atoms with Crippen LogP contribution in [0.1, 0.15) is 5.56 Å². The minimum Gasteiger partial charge on any atom is -0.334 e. The molecule has 1 aliphatic rings. The number of halogens is 2. The first kappa shape index (κ1) is 16.6. The Balaban J connectivity index is 1.71. The maximum atomic E-state index is 12.7. The number of nitrogens with zero attached hydrogens (tertiary/aromatic N) is 3. The van der Waals surface area contributed by atoms with Crippen LogP contribution in [-0.2, 0) is 6.67 Å². The first-order valence-corrected chi connectivity index (χ1v) is 9.61. The Bertz CT molecular complexity index is 1100. The van der Waals surface area contributed by atoms with Crippen LogP contribution in [0.25, 0.3) is 6.08 Å². The van der Waals surface area contributed by atoms with Crippen LogP contribution in [0, 0.1) is 0 Å². The highest BCUT2D eigenvalue weighted by molar-refractivity contribution is 9.10. The summed E-state index contributed by atoms with van der Waals surface area (Å²) < 4.78 is 3.40. The lowest BCUT2D eigenvalue weighted by atomic mass is 10.2. The highest BCUT2D eigenvalue weighted by Crippen LogP contribution is 2.20. The van der Waals surface area contributed by atoms with Gasteiger partial charge in [0, 0.05) is 15.2 Å². The number of anilines is 1. The van der Waals surface area contributed by atoms with E-state index < -0.39 is 0 Å². The number of rotatable bonds is 2. The van der Waals surface area contributed by atoms with E-state index in [9.17, 15) is 4.79 Å². The highest BCUT2D eigenvalue weighted by atomic mass is 79.9. The van der Waals surface area contributed by atoms with Gasteiger partial charge in [-0.3, -0.25) is 9.36 Å². The van der Waals surface area contributed by atoms with Crippen molar-refractivity contribution >= 4 is 50.6 Å². The molecule has 4 nitrogen and oxygen atoms in total. The summed E-state index contributed by atoms with van der Waals surface area (Å²) in [5, 5.41) is 0.680. The maximum Gasteiger partial charge on any atom is 0.271 e. The van der Waals surface area contributed by atoms with Gasteiger partial charge >= 0.3 is 0 Å². The van der Waals surface area contributed by atoms with Crippen LogP contribution in [0.4, 0.5) is 5.69 Å². The average molecular weight is 435 g/mol. The molecule has 7 heteroatoms. The molecule has 0 bridgehead atoms. The number of hydrogen-bond donors (Lipinski definition) is 0. The fourth-order valence-electron chi connectivity index (χ4n) is 2.66. The summed E-state index contributed by atoms with van der Waals surface area (Å²) in [6.45, 7) is 1.04. The van der Waals surface area contributed by atoms with Crippen molar-refractivity contribution in [1.29, 1.82) is 0 Å². The molecular weight excluding hydrogens is 422 g/mol. The zero-order valence-electron chi connectivity index (χ0n) is 13.0. The van der Waals surface area contributed by atoms with Gasteiger partial charge in [0.05, 0.1) is 4.53 Å². The summed E-state index contributed by atoms with van der Waals surface area (Å²) in [6.07, 6.45) is 1.88. The predicted octanol–water partition coefficient (Wildman–Crippen LogP) is 3.21. The molecule has 0 aliphatic carbocycles. The van der Waals surface area contributed by atoms with E-state index in [1.807, 2.05) is 54.6 Å². The second-order valence-electron chi connectivity index (χ2n) is 5.64. The van der Waals surface area contributed by atoms with Crippen molar-refractivity contribution in [3.63, 3.8) is 0 Å². The van der Waals surface area contributed by atoms with E-state index in [2.05, 4.69) is 25.8 Å². The maximum absolute atomic E-state index is 12.7. The molecule has 1 aliphatic heterocycles. The summed E-state index contributed by atoms with van der Waals surface area (Å²) in [5.74, 6) is 0. The number of aromatic nitrogens is 1. The first-order valence-electron chi connectivity index (χ1n) is 7.62. The molecule has 0 unspecified atom stereocenters. The molecule has 0 radical (unpaired) electrons. The van der Waals surface area contributed by atoms with Crippen molar-refractivity contribution in [2.24, 2.45) is 4.99 Å². The molecule has 0 atom stereocenters. The summed E-state index contributed by atoms with van der Waals surface area (Å²) >= 11 is 10.8. The quantitative estimate of drug-likeness (QED) is 0.621. The largest absolute Gasteiger partial charge is 0.334 e. The Kier molecular flexibility index (Phi) is 4.50. The Labute approximate surface area is 161 Å². The second-order valence-corrected chi connectivity index (χ2v) is 8.00. The fraction of sp³-hybridized carbons (Fsp3) is 0.111.